The second kappa shape index (κ2) is 6.48. The molecule has 0 aromatic carbocycles. The van der Waals surface area contributed by atoms with Crippen molar-refractivity contribution in [3.63, 3.8) is 0 Å². The molecule has 6 nitrogen and oxygen atoms in total. The molecule has 21 heavy (non-hydrogen) atoms. The third-order valence-corrected chi connectivity index (χ3v) is 5.13. The van der Waals surface area contributed by atoms with Crippen molar-refractivity contribution >= 4 is 34.8 Å². The van der Waals surface area contributed by atoms with Gasteiger partial charge in [0, 0.05) is 43.2 Å². The summed E-state index contributed by atoms with van der Waals surface area (Å²) in [6, 6.07) is 0. The number of halogens is 1. The van der Waals surface area contributed by atoms with Gasteiger partial charge in [-0.1, -0.05) is 0 Å². The van der Waals surface area contributed by atoms with E-state index in [2.05, 4.69) is 9.88 Å². The number of carbonyl (C=O) groups excluding carboxylic acids is 1. The normalized spacial score (nSPS) is 28.7. The zero-order valence-electron chi connectivity index (χ0n) is 11.9. The van der Waals surface area contributed by atoms with Crippen molar-refractivity contribution in [3.05, 3.63) is 11.1 Å². The molecule has 0 radical (unpaired) electrons. The molecule has 2 aliphatic heterocycles. The first-order chi connectivity index (χ1) is 9.64. The molecule has 2 fully saturated rings. The SMILES string of the molecule is COC(=O)[C@@]12CCOC[C@@H]1CN(Cc1cnc(N)s1)C2.Cl. The van der Waals surface area contributed by atoms with Gasteiger partial charge in [-0.3, -0.25) is 9.69 Å². The number of fused-ring (bicyclic) bond motifs is 1. The zero-order chi connectivity index (χ0) is 14.2. The van der Waals surface area contributed by atoms with E-state index in [1.165, 1.54) is 18.4 Å². The molecule has 0 unspecified atom stereocenters. The molecule has 118 valence electrons. The number of methoxy groups -OCH3 is 1. The average molecular weight is 334 g/mol. The molecule has 0 spiro atoms. The lowest BCUT2D eigenvalue weighted by Crippen LogP contribution is -2.45. The number of rotatable bonds is 3. The molecule has 2 aliphatic rings. The lowest BCUT2D eigenvalue weighted by atomic mass is 9.74. The van der Waals surface area contributed by atoms with E-state index in [9.17, 15) is 4.79 Å². The number of hydrogen-bond acceptors (Lipinski definition) is 7. The fraction of sp³-hybridized carbons (Fsp3) is 0.692. The van der Waals surface area contributed by atoms with Crippen LogP contribution in [0.15, 0.2) is 6.20 Å². The first-order valence-corrected chi connectivity index (χ1v) is 7.54. The number of thiazole rings is 1. The van der Waals surface area contributed by atoms with E-state index in [0.717, 1.165) is 30.9 Å². The summed E-state index contributed by atoms with van der Waals surface area (Å²) in [5, 5.41) is 0.586. The van der Waals surface area contributed by atoms with Crippen LogP contribution in [-0.4, -0.2) is 49.3 Å². The van der Waals surface area contributed by atoms with Crippen molar-refractivity contribution < 1.29 is 14.3 Å². The lowest BCUT2D eigenvalue weighted by Gasteiger charge is -2.35. The maximum absolute atomic E-state index is 12.2. The molecular weight excluding hydrogens is 314 g/mol. The molecular formula is C13H20ClN3O3S. The fourth-order valence-corrected chi connectivity index (χ4v) is 4.05. The van der Waals surface area contributed by atoms with Gasteiger partial charge in [-0.15, -0.1) is 23.7 Å². The van der Waals surface area contributed by atoms with Crippen molar-refractivity contribution in [1.82, 2.24) is 9.88 Å². The van der Waals surface area contributed by atoms with Crippen LogP contribution in [0.25, 0.3) is 0 Å². The first-order valence-electron chi connectivity index (χ1n) is 6.73. The minimum atomic E-state index is -0.400. The standard InChI is InChI=1S/C13H19N3O3S.ClH/c1-18-11(17)13-2-3-19-7-9(13)5-16(8-13)6-10-4-15-12(14)20-10;/h4,9H,2-3,5-8H2,1H3,(H2,14,15);1H/t9-,13+;/m0./s1. The Hall–Kier alpha value is -0.890. The van der Waals surface area contributed by atoms with Gasteiger partial charge >= 0.3 is 5.97 Å². The minimum absolute atomic E-state index is 0. The molecule has 2 N–H and O–H groups in total. The number of nitrogen functional groups attached to an aromatic ring is 1. The number of esters is 1. The van der Waals surface area contributed by atoms with Gasteiger partial charge in [0.2, 0.25) is 0 Å². The number of nitrogens with zero attached hydrogens (tertiary/aromatic N) is 2. The third-order valence-electron chi connectivity index (χ3n) is 4.32. The van der Waals surface area contributed by atoms with E-state index in [1.807, 2.05) is 6.20 Å². The van der Waals surface area contributed by atoms with Gasteiger partial charge in [-0.05, 0) is 6.42 Å². The number of ether oxygens (including phenoxy) is 2. The summed E-state index contributed by atoms with van der Waals surface area (Å²) in [5.41, 5.74) is 5.26. The third kappa shape index (κ3) is 3.01. The summed E-state index contributed by atoms with van der Waals surface area (Å²) >= 11 is 1.50. The maximum Gasteiger partial charge on any atom is 0.313 e. The van der Waals surface area contributed by atoms with E-state index in [4.69, 9.17) is 15.2 Å². The smallest absolute Gasteiger partial charge is 0.313 e. The highest BCUT2D eigenvalue weighted by Crippen LogP contribution is 2.43. The van der Waals surface area contributed by atoms with Gasteiger partial charge in [-0.25, -0.2) is 4.98 Å². The summed E-state index contributed by atoms with van der Waals surface area (Å²) in [4.78, 5) is 19.7. The molecule has 0 amide bonds. The molecule has 1 aromatic rings. The van der Waals surface area contributed by atoms with Crippen molar-refractivity contribution in [2.45, 2.75) is 13.0 Å². The van der Waals surface area contributed by atoms with Crippen LogP contribution in [0.5, 0.6) is 0 Å². The Balaban J connectivity index is 0.00000161. The quantitative estimate of drug-likeness (QED) is 0.836. The van der Waals surface area contributed by atoms with Gasteiger partial charge in [0.15, 0.2) is 5.13 Å². The van der Waals surface area contributed by atoms with E-state index in [1.54, 1.807) is 0 Å². The maximum atomic E-state index is 12.2. The highest BCUT2D eigenvalue weighted by atomic mass is 35.5. The number of aromatic nitrogens is 1. The lowest BCUT2D eigenvalue weighted by molar-refractivity contribution is -0.161. The molecule has 0 saturated carbocycles. The summed E-state index contributed by atoms with van der Waals surface area (Å²) < 4.78 is 10.6. The number of anilines is 1. The Kier molecular flexibility index (Phi) is 5.08. The summed E-state index contributed by atoms with van der Waals surface area (Å²) in [6.45, 7) is 3.63. The minimum Gasteiger partial charge on any atom is -0.469 e. The van der Waals surface area contributed by atoms with Crippen molar-refractivity contribution in [1.29, 1.82) is 0 Å². The summed E-state index contributed by atoms with van der Waals surface area (Å²) in [5.74, 6) is 0.117. The number of carbonyl (C=O) groups is 1. The van der Waals surface area contributed by atoms with Crippen molar-refractivity contribution in [2.24, 2.45) is 11.3 Å². The number of likely N-dealkylation sites (tertiary alicyclic amines) is 1. The topological polar surface area (TPSA) is 77.7 Å². The number of nitrogens with two attached hydrogens (primary N) is 1. The Morgan fingerprint density at radius 2 is 2.52 bits per heavy atom. The van der Waals surface area contributed by atoms with Crippen LogP contribution in [-0.2, 0) is 20.8 Å². The van der Waals surface area contributed by atoms with Crippen LogP contribution in [0.1, 0.15) is 11.3 Å². The van der Waals surface area contributed by atoms with Crippen LogP contribution in [0.2, 0.25) is 0 Å². The van der Waals surface area contributed by atoms with E-state index in [0.29, 0.717) is 18.3 Å². The summed E-state index contributed by atoms with van der Waals surface area (Å²) in [6.07, 6.45) is 2.55. The van der Waals surface area contributed by atoms with E-state index in [-0.39, 0.29) is 24.3 Å². The molecule has 3 heterocycles. The second-order valence-corrected chi connectivity index (χ2v) is 6.65. The molecule has 2 saturated heterocycles. The predicted octanol–water partition coefficient (Wildman–Crippen LogP) is 1.16. The molecule has 8 heteroatoms. The Morgan fingerprint density at radius 3 is 3.19 bits per heavy atom. The predicted molar refractivity (Wildman–Crippen MR) is 82.4 cm³/mol. The molecule has 0 aliphatic carbocycles. The summed E-state index contributed by atoms with van der Waals surface area (Å²) in [7, 11) is 1.47. The van der Waals surface area contributed by atoms with Gasteiger partial charge < -0.3 is 15.2 Å². The number of hydrogen-bond donors (Lipinski definition) is 1. The van der Waals surface area contributed by atoms with Crippen LogP contribution in [0.4, 0.5) is 5.13 Å². The van der Waals surface area contributed by atoms with Gasteiger partial charge in [0.25, 0.3) is 0 Å². The van der Waals surface area contributed by atoms with E-state index >= 15 is 0 Å². The molecule has 2 atom stereocenters. The van der Waals surface area contributed by atoms with E-state index < -0.39 is 5.41 Å². The fourth-order valence-electron chi connectivity index (χ4n) is 3.33. The van der Waals surface area contributed by atoms with Gasteiger partial charge in [0.05, 0.1) is 19.1 Å². The van der Waals surface area contributed by atoms with Gasteiger partial charge in [-0.2, -0.15) is 0 Å². The Morgan fingerprint density at radius 1 is 1.71 bits per heavy atom. The largest absolute Gasteiger partial charge is 0.469 e. The highest BCUT2D eigenvalue weighted by Gasteiger charge is 2.54. The average Bonchev–Trinajstić information content (AvgIpc) is 3.01. The Bertz CT molecular complexity index is 513. The van der Waals surface area contributed by atoms with Crippen LogP contribution < -0.4 is 5.73 Å². The van der Waals surface area contributed by atoms with Gasteiger partial charge in [0.1, 0.15) is 0 Å². The molecule has 1 aromatic heterocycles. The zero-order valence-corrected chi connectivity index (χ0v) is 13.5. The molecule has 0 bridgehead atoms. The van der Waals surface area contributed by atoms with Crippen molar-refractivity contribution in [2.75, 3.05) is 39.1 Å². The highest BCUT2D eigenvalue weighted by molar-refractivity contribution is 7.15. The van der Waals surface area contributed by atoms with Crippen LogP contribution in [0, 0.1) is 11.3 Å². The second-order valence-electron chi connectivity index (χ2n) is 5.50. The monoisotopic (exact) mass is 333 g/mol. The van der Waals surface area contributed by atoms with Crippen LogP contribution >= 0.6 is 23.7 Å². The molecule has 3 rings (SSSR count). The first kappa shape index (κ1) is 16.5. The van der Waals surface area contributed by atoms with Crippen LogP contribution in [0.3, 0.4) is 0 Å². The Labute approximate surface area is 134 Å². The van der Waals surface area contributed by atoms with Crippen molar-refractivity contribution in [3.8, 4) is 0 Å².